The van der Waals surface area contributed by atoms with Crippen LogP contribution in [0.25, 0.3) is 0 Å². The molecule has 1 aromatic heterocycles. The summed E-state index contributed by atoms with van der Waals surface area (Å²) >= 11 is 5.98. The molecule has 1 heterocycles. The molecular weight excluding hydrogens is 296 g/mol. The summed E-state index contributed by atoms with van der Waals surface area (Å²) < 4.78 is 6.68. The van der Waals surface area contributed by atoms with Crippen LogP contribution in [0, 0.1) is 0 Å². The minimum Gasteiger partial charge on any atom is -0.359 e. The molecule has 112 valence electrons. The fraction of sp³-hybridized carbons (Fsp3) is 0.615. The van der Waals surface area contributed by atoms with Crippen molar-refractivity contribution in [1.82, 2.24) is 9.78 Å². The number of nitrogens with zero attached hydrogens (tertiary/aromatic N) is 2. The van der Waals surface area contributed by atoms with Crippen molar-refractivity contribution in [2.45, 2.75) is 45.3 Å². The maximum absolute atomic E-state index is 12.0. The van der Waals surface area contributed by atoms with Crippen LogP contribution in [-0.4, -0.2) is 30.7 Å². The third-order valence-corrected chi connectivity index (χ3v) is 4.91. The molecule has 0 amide bonds. The Balaban J connectivity index is 2.62. The van der Waals surface area contributed by atoms with Gasteiger partial charge in [0.1, 0.15) is 18.0 Å². The lowest BCUT2D eigenvalue weighted by atomic mass is 10.2. The van der Waals surface area contributed by atoms with Crippen LogP contribution in [0.5, 0.6) is 0 Å². The van der Waals surface area contributed by atoms with Gasteiger partial charge in [0.25, 0.3) is 5.56 Å². The minimum absolute atomic E-state index is 0.108. The summed E-state index contributed by atoms with van der Waals surface area (Å²) in [6.45, 7) is 7.52. The van der Waals surface area contributed by atoms with Gasteiger partial charge in [-0.1, -0.05) is 31.2 Å². The van der Waals surface area contributed by atoms with Gasteiger partial charge in [0.05, 0.1) is 6.20 Å². The van der Waals surface area contributed by atoms with Crippen LogP contribution in [0.3, 0.4) is 0 Å². The van der Waals surface area contributed by atoms with Gasteiger partial charge in [-0.05, 0) is 18.0 Å². The predicted molar refractivity (Wildman–Crippen MR) is 82.0 cm³/mol. The van der Waals surface area contributed by atoms with Crippen LogP contribution in [0.1, 0.15) is 12.0 Å². The molecular formula is C13H21ClN2O3Si. The highest BCUT2D eigenvalue weighted by atomic mass is 35.5. The summed E-state index contributed by atoms with van der Waals surface area (Å²) in [6.07, 6.45) is 3.08. The second-order valence-corrected chi connectivity index (χ2v) is 11.8. The normalized spacial score (nSPS) is 11.6. The number of carbonyl (C=O) groups is 1. The van der Waals surface area contributed by atoms with Gasteiger partial charge in [0.2, 0.25) is 0 Å². The van der Waals surface area contributed by atoms with E-state index in [2.05, 4.69) is 24.7 Å². The van der Waals surface area contributed by atoms with Crippen molar-refractivity contribution in [2.75, 3.05) is 6.61 Å². The van der Waals surface area contributed by atoms with Crippen molar-refractivity contribution in [2.24, 2.45) is 0 Å². The van der Waals surface area contributed by atoms with E-state index < -0.39 is 8.07 Å². The molecule has 0 aliphatic carbocycles. The van der Waals surface area contributed by atoms with Gasteiger partial charge >= 0.3 is 0 Å². The molecule has 5 nitrogen and oxygen atoms in total. The number of ether oxygens (including phenoxy) is 1. The van der Waals surface area contributed by atoms with Crippen LogP contribution in [-0.2, 0) is 22.7 Å². The standard InChI is InChI=1S/C13H21ClN2O3Si/c1-20(2,3)8-7-19-10-16-13(18)12(14)11(9-15-16)5-4-6-17/h6,9H,4-5,7-8,10H2,1-3H3. The topological polar surface area (TPSA) is 61.2 Å². The first-order valence-electron chi connectivity index (χ1n) is 6.61. The smallest absolute Gasteiger partial charge is 0.287 e. The van der Waals surface area contributed by atoms with Crippen molar-refractivity contribution in [3.8, 4) is 0 Å². The summed E-state index contributed by atoms with van der Waals surface area (Å²) in [5.74, 6) is 0. The maximum atomic E-state index is 12.0. The van der Waals surface area contributed by atoms with Gasteiger partial charge in [-0.25, -0.2) is 4.68 Å². The van der Waals surface area contributed by atoms with Gasteiger partial charge in [-0.3, -0.25) is 4.79 Å². The van der Waals surface area contributed by atoms with E-state index in [1.165, 1.54) is 10.9 Å². The highest BCUT2D eigenvalue weighted by Gasteiger charge is 2.13. The molecule has 7 heteroatoms. The Labute approximate surface area is 124 Å². The fourth-order valence-corrected chi connectivity index (χ4v) is 2.51. The molecule has 0 bridgehead atoms. The van der Waals surface area contributed by atoms with Gasteiger partial charge in [0, 0.05) is 21.1 Å². The molecule has 0 spiro atoms. The second-order valence-electron chi connectivity index (χ2n) is 5.84. The Bertz CT molecular complexity index is 511. The molecule has 20 heavy (non-hydrogen) atoms. The van der Waals surface area contributed by atoms with E-state index in [0.717, 1.165) is 12.3 Å². The van der Waals surface area contributed by atoms with E-state index >= 15 is 0 Å². The lowest BCUT2D eigenvalue weighted by Crippen LogP contribution is -2.27. The zero-order chi connectivity index (χ0) is 15.2. The molecule has 0 unspecified atom stereocenters. The van der Waals surface area contributed by atoms with Gasteiger partial charge in [-0.2, -0.15) is 5.10 Å². The van der Waals surface area contributed by atoms with E-state index in [1.54, 1.807) is 0 Å². The predicted octanol–water partition coefficient (Wildman–Crippen LogP) is 2.34. The van der Waals surface area contributed by atoms with E-state index in [0.29, 0.717) is 25.0 Å². The van der Waals surface area contributed by atoms with Crippen LogP contribution >= 0.6 is 11.6 Å². The number of hydrogen-bond donors (Lipinski definition) is 0. The van der Waals surface area contributed by atoms with Crippen molar-refractivity contribution in [1.29, 1.82) is 0 Å². The molecule has 1 aromatic rings. The molecule has 0 aromatic carbocycles. The highest BCUT2D eigenvalue weighted by Crippen LogP contribution is 2.11. The second kappa shape index (κ2) is 7.71. The number of hydrogen-bond acceptors (Lipinski definition) is 4. The zero-order valence-electron chi connectivity index (χ0n) is 12.2. The maximum Gasteiger partial charge on any atom is 0.287 e. The number of aromatic nitrogens is 2. The molecule has 0 aliphatic heterocycles. The molecule has 1 rings (SSSR count). The van der Waals surface area contributed by atoms with Crippen molar-refractivity contribution < 1.29 is 9.53 Å². The van der Waals surface area contributed by atoms with Gasteiger partial charge < -0.3 is 9.53 Å². The van der Waals surface area contributed by atoms with Gasteiger partial charge in [0.15, 0.2) is 0 Å². The van der Waals surface area contributed by atoms with Crippen molar-refractivity contribution in [3.63, 3.8) is 0 Å². The zero-order valence-corrected chi connectivity index (χ0v) is 13.9. The van der Waals surface area contributed by atoms with Crippen LogP contribution in [0.15, 0.2) is 11.0 Å². The number of rotatable bonds is 8. The monoisotopic (exact) mass is 316 g/mol. The summed E-state index contributed by atoms with van der Waals surface area (Å²) in [5, 5.41) is 4.14. The largest absolute Gasteiger partial charge is 0.359 e. The van der Waals surface area contributed by atoms with Crippen molar-refractivity contribution in [3.05, 3.63) is 27.1 Å². The van der Waals surface area contributed by atoms with E-state index in [9.17, 15) is 9.59 Å². The Morgan fingerprint density at radius 1 is 1.45 bits per heavy atom. The molecule has 0 saturated carbocycles. The third-order valence-electron chi connectivity index (χ3n) is 2.80. The Morgan fingerprint density at radius 3 is 2.75 bits per heavy atom. The summed E-state index contributed by atoms with van der Waals surface area (Å²) in [5.41, 5.74) is 0.227. The number of aldehydes is 1. The first-order chi connectivity index (χ1) is 9.35. The molecule has 0 atom stereocenters. The average molecular weight is 317 g/mol. The quantitative estimate of drug-likeness (QED) is 0.419. The first-order valence-corrected chi connectivity index (χ1v) is 10.7. The molecule has 0 radical (unpaired) electrons. The third kappa shape index (κ3) is 5.56. The van der Waals surface area contributed by atoms with E-state index in [4.69, 9.17) is 16.3 Å². The van der Waals surface area contributed by atoms with Crippen molar-refractivity contribution >= 4 is 26.0 Å². The molecule has 0 N–H and O–H groups in total. The Kier molecular flexibility index (Phi) is 6.58. The molecule has 0 fully saturated rings. The van der Waals surface area contributed by atoms with E-state index in [-0.39, 0.29) is 17.3 Å². The molecule has 0 aliphatic rings. The van der Waals surface area contributed by atoms with E-state index in [1.807, 2.05) is 0 Å². The van der Waals surface area contributed by atoms with Gasteiger partial charge in [-0.15, -0.1) is 0 Å². The lowest BCUT2D eigenvalue weighted by Gasteiger charge is -2.15. The number of aryl methyl sites for hydroxylation is 1. The fourth-order valence-electron chi connectivity index (χ4n) is 1.51. The SMILES string of the molecule is C[Si](C)(C)CCOCn1ncc(CCC=O)c(Cl)c1=O. The summed E-state index contributed by atoms with van der Waals surface area (Å²) in [4.78, 5) is 22.3. The number of halogens is 1. The highest BCUT2D eigenvalue weighted by molar-refractivity contribution is 6.76. The number of carbonyl (C=O) groups excluding carboxylic acids is 1. The first kappa shape index (κ1) is 17.1. The minimum atomic E-state index is -1.14. The Morgan fingerprint density at radius 2 is 2.15 bits per heavy atom. The lowest BCUT2D eigenvalue weighted by molar-refractivity contribution is -0.107. The van der Waals surface area contributed by atoms with Crippen LogP contribution in [0.2, 0.25) is 30.7 Å². The van der Waals surface area contributed by atoms with Crippen LogP contribution in [0.4, 0.5) is 0 Å². The summed E-state index contributed by atoms with van der Waals surface area (Å²) in [6, 6.07) is 1.03. The average Bonchev–Trinajstić information content (AvgIpc) is 2.37. The molecule has 0 saturated heterocycles. The Hall–Kier alpha value is -0.983. The summed E-state index contributed by atoms with van der Waals surface area (Å²) in [7, 11) is -1.14. The van der Waals surface area contributed by atoms with Crippen LogP contribution < -0.4 is 5.56 Å².